The van der Waals surface area contributed by atoms with Gasteiger partial charge in [0.2, 0.25) is 10.0 Å². The summed E-state index contributed by atoms with van der Waals surface area (Å²) in [4.78, 5) is 0.325. The van der Waals surface area contributed by atoms with Crippen LogP contribution < -0.4 is 0 Å². The van der Waals surface area contributed by atoms with E-state index in [9.17, 15) is 8.42 Å². The van der Waals surface area contributed by atoms with E-state index in [1.54, 1.807) is 33.2 Å². The van der Waals surface area contributed by atoms with Gasteiger partial charge in [0.05, 0.1) is 4.90 Å². The molecule has 0 saturated heterocycles. The first kappa shape index (κ1) is 16.4. The molecular weight excluding hydrogens is 286 g/mol. The Morgan fingerprint density at radius 3 is 2.63 bits per heavy atom. The number of benzene rings is 1. The number of nitrogens with zero attached hydrogens (tertiary/aromatic N) is 1. The summed E-state index contributed by atoms with van der Waals surface area (Å²) in [5.41, 5.74) is 1.53. The molecule has 0 atom stereocenters. The topological polar surface area (TPSA) is 46.6 Å². The third-order valence-electron chi connectivity index (χ3n) is 2.92. The molecule has 0 N–H and O–H groups in total. The number of halogens is 1. The summed E-state index contributed by atoms with van der Waals surface area (Å²) in [6, 6.07) is 5.27. The predicted octanol–water partition coefficient (Wildman–Crippen LogP) is 2.39. The van der Waals surface area contributed by atoms with Crippen molar-refractivity contribution in [2.45, 2.75) is 24.1 Å². The molecule has 1 aromatic carbocycles. The molecule has 0 radical (unpaired) electrons. The largest absolute Gasteiger partial charge is 0.385 e. The number of alkyl halides is 1. The van der Waals surface area contributed by atoms with E-state index in [0.717, 1.165) is 11.1 Å². The van der Waals surface area contributed by atoms with Crippen molar-refractivity contribution in [3.63, 3.8) is 0 Å². The second-order valence-corrected chi connectivity index (χ2v) is 6.69. The zero-order valence-corrected chi connectivity index (χ0v) is 13.1. The number of hydrogen-bond acceptors (Lipinski definition) is 3. The number of aryl methyl sites for hydroxylation is 1. The minimum Gasteiger partial charge on any atom is -0.385 e. The first-order valence-corrected chi connectivity index (χ1v) is 8.01. The van der Waals surface area contributed by atoms with E-state index in [1.165, 1.54) is 4.31 Å². The van der Waals surface area contributed by atoms with Crippen molar-refractivity contribution in [2.24, 2.45) is 0 Å². The third-order valence-corrected chi connectivity index (χ3v) is 5.22. The molecule has 0 spiro atoms. The highest BCUT2D eigenvalue weighted by atomic mass is 35.5. The molecule has 0 heterocycles. The highest BCUT2D eigenvalue weighted by molar-refractivity contribution is 7.89. The van der Waals surface area contributed by atoms with Crippen molar-refractivity contribution >= 4 is 21.6 Å². The van der Waals surface area contributed by atoms with Crippen molar-refractivity contribution in [2.75, 3.05) is 27.3 Å². The van der Waals surface area contributed by atoms with Gasteiger partial charge in [-0.15, -0.1) is 11.6 Å². The van der Waals surface area contributed by atoms with Gasteiger partial charge in [-0.25, -0.2) is 12.7 Å². The Bertz CT molecular complexity index is 517. The lowest BCUT2D eigenvalue weighted by Gasteiger charge is -2.18. The maximum atomic E-state index is 12.5. The zero-order valence-electron chi connectivity index (χ0n) is 11.5. The van der Waals surface area contributed by atoms with Gasteiger partial charge in [0.1, 0.15) is 0 Å². The minimum absolute atomic E-state index is 0.302. The molecule has 0 fully saturated rings. The van der Waals surface area contributed by atoms with E-state index in [1.807, 2.05) is 6.07 Å². The van der Waals surface area contributed by atoms with E-state index >= 15 is 0 Å². The Balaban J connectivity index is 2.99. The number of sulfonamides is 1. The van der Waals surface area contributed by atoms with Gasteiger partial charge in [0.15, 0.2) is 0 Å². The molecule has 19 heavy (non-hydrogen) atoms. The lowest BCUT2D eigenvalue weighted by atomic mass is 10.2. The van der Waals surface area contributed by atoms with Crippen LogP contribution in [-0.2, 0) is 20.6 Å². The minimum atomic E-state index is -3.46. The smallest absolute Gasteiger partial charge is 0.243 e. The number of hydrogen-bond donors (Lipinski definition) is 0. The quantitative estimate of drug-likeness (QED) is 0.574. The molecule has 1 rings (SSSR count). The summed E-state index contributed by atoms with van der Waals surface area (Å²) in [7, 11) is -0.283. The number of ether oxygens (including phenoxy) is 1. The van der Waals surface area contributed by atoms with Gasteiger partial charge in [-0.3, -0.25) is 0 Å². The Hall–Kier alpha value is -0.620. The average Bonchev–Trinajstić information content (AvgIpc) is 2.39. The molecule has 0 aromatic heterocycles. The van der Waals surface area contributed by atoms with Crippen LogP contribution in [0, 0.1) is 6.92 Å². The van der Waals surface area contributed by atoms with Crippen molar-refractivity contribution in [3.8, 4) is 0 Å². The molecule has 0 amide bonds. The predicted molar refractivity (Wildman–Crippen MR) is 77.0 cm³/mol. The fourth-order valence-electron chi connectivity index (χ4n) is 1.73. The first-order chi connectivity index (χ1) is 8.93. The Morgan fingerprint density at radius 2 is 2.05 bits per heavy atom. The van der Waals surface area contributed by atoms with E-state index in [-0.39, 0.29) is 0 Å². The third kappa shape index (κ3) is 4.18. The van der Waals surface area contributed by atoms with E-state index < -0.39 is 10.0 Å². The van der Waals surface area contributed by atoms with Crippen LogP contribution in [-0.4, -0.2) is 40.0 Å². The molecule has 0 saturated carbocycles. The molecule has 0 bridgehead atoms. The van der Waals surface area contributed by atoms with Crippen LogP contribution in [0.25, 0.3) is 0 Å². The van der Waals surface area contributed by atoms with Gasteiger partial charge in [-0.05, 0) is 30.5 Å². The fraction of sp³-hybridized carbons (Fsp3) is 0.538. The second kappa shape index (κ2) is 7.24. The number of rotatable bonds is 7. The summed E-state index contributed by atoms with van der Waals surface area (Å²) < 4.78 is 31.2. The van der Waals surface area contributed by atoms with Gasteiger partial charge in [0.25, 0.3) is 0 Å². The Labute approximate surface area is 120 Å². The maximum Gasteiger partial charge on any atom is 0.243 e. The van der Waals surface area contributed by atoms with Gasteiger partial charge in [-0.2, -0.15) is 0 Å². The molecule has 0 aliphatic rings. The van der Waals surface area contributed by atoms with Crippen LogP contribution in [0.3, 0.4) is 0 Å². The number of methoxy groups -OCH3 is 1. The van der Waals surface area contributed by atoms with E-state index in [4.69, 9.17) is 16.3 Å². The molecule has 108 valence electrons. The van der Waals surface area contributed by atoms with Gasteiger partial charge < -0.3 is 4.74 Å². The van der Waals surface area contributed by atoms with Gasteiger partial charge in [0, 0.05) is 33.2 Å². The standard InChI is InChI=1S/C13H20ClNO3S/c1-11-5-6-12(10-14)9-13(11)19(16,17)15(2)7-4-8-18-3/h5-6,9H,4,7-8,10H2,1-3H3. The Morgan fingerprint density at radius 1 is 1.37 bits per heavy atom. The summed E-state index contributed by atoms with van der Waals surface area (Å²) in [5, 5.41) is 0. The van der Waals surface area contributed by atoms with Crippen LogP contribution in [0.1, 0.15) is 17.5 Å². The first-order valence-electron chi connectivity index (χ1n) is 6.04. The maximum absolute atomic E-state index is 12.5. The van der Waals surface area contributed by atoms with Crippen LogP contribution in [0.5, 0.6) is 0 Å². The van der Waals surface area contributed by atoms with Crippen LogP contribution in [0.2, 0.25) is 0 Å². The molecule has 6 heteroatoms. The normalized spacial score (nSPS) is 12.1. The molecule has 0 aliphatic carbocycles. The summed E-state index contributed by atoms with van der Waals surface area (Å²) in [6.07, 6.45) is 0.667. The SMILES string of the molecule is COCCCN(C)S(=O)(=O)c1cc(CCl)ccc1C. The van der Waals surface area contributed by atoms with Crippen LogP contribution >= 0.6 is 11.6 Å². The molecule has 0 unspecified atom stereocenters. The lowest BCUT2D eigenvalue weighted by molar-refractivity contribution is 0.189. The van der Waals surface area contributed by atoms with Crippen molar-refractivity contribution < 1.29 is 13.2 Å². The summed E-state index contributed by atoms with van der Waals surface area (Å²) >= 11 is 5.76. The van der Waals surface area contributed by atoms with Crippen molar-refractivity contribution in [3.05, 3.63) is 29.3 Å². The fourth-order valence-corrected chi connectivity index (χ4v) is 3.37. The van der Waals surface area contributed by atoms with Crippen LogP contribution in [0.4, 0.5) is 0 Å². The monoisotopic (exact) mass is 305 g/mol. The highest BCUT2D eigenvalue weighted by Gasteiger charge is 2.22. The molecule has 0 aliphatic heterocycles. The average molecular weight is 306 g/mol. The molecule has 1 aromatic rings. The van der Waals surface area contributed by atoms with Crippen LogP contribution in [0.15, 0.2) is 23.1 Å². The second-order valence-electron chi connectivity index (χ2n) is 4.41. The van der Waals surface area contributed by atoms with E-state index in [2.05, 4.69) is 0 Å². The molecule has 4 nitrogen and oxygen atoms in total. The van der Waals surface area contributed by atoms with Crippen molar-refractivity contribution in [1.29, 1.82) is 0 Å². The Kier molecular flexibility index (Phi) is 6.26. The molecular formula is C13H20ClNO3S. The van der Waals surface area contributed by atoms with Gasteiger partial charge in [-0.1, -0.05) is 12.1 Å². The summed E-state index contributed by atoms with van der Waals surface area (Å²) in [6.45, 7) is 2.76. The summed E-state index contributed by atoms with van der Waals surface area (Å²) in [5.74, 6) is 0.302. The van der Waals surface area contributed by atoms with Gasteiger partial charge >= 0.3 is 0 Å². The lowest BCUT2D eigenvalue weighted by Crippen LogP contribution is -2.29. The van der Waals surface area contributed by atoms with Crippen molar-refractivity contribution in [1.82, 2.24) is 4.31 Å². The van der Waals surface area contributed by atoms with E-state index in [0.29, 0.717) is 30.3 Å². The highest BCUT2D eigenvalue weighted by Crippen LogP contribution is 2.21. The zero-order chi connectivity index (χ0) is 14.5.